The molecule has 7 rings (SSSR count). The van der Waals surface area contributed by atoms with Crippen LogP contribution in [-0.4, -0.2) is 99.2 Å². The molecule has 0 spiro atoms. The van der Waals surface area contributed by atoms with Crippen LogP contribution in [0.4, 0.5) is 0 Å². The van der Waals surface area contributed by atoms with E-state index in [2.05, 4.69) is 6.92 Å². The van der Waals surface area contributed by atoms with E-state index >= 15 is 0 Å². The standard InChI is InChI=1S/C44H56O11/c1-27-38(46)33(51-5)25-37(52-27)54-32-19-20-40(3)31(24-32)18-21-43(49)34(40)26-35(55-39(47)30-14-10-7-11-15-30)41(4)42(48,22-23-44(41,43)50)28(2)53-36(45)17-16-29-12-8-6-9-13-29/h6-18,27-28,32-35,37-38,46,48-50H,19-26H2,1-5H3/b17-16+/t27-,28+,32+,33+,34-,35-,37+,38-,40+,41-,42-,43+,44-/m1/s1. The van der Waals surface area contributed by atoms with Gasteiger partial charge in [0.2, 0.25) is 0 Å². The second-order valence-corrected chi connectivity index (χ2v) is 16.9. The summed E-state index contributed by atoms with van der Waals surface area (Å²) in [5, 5.41) is 49.5. The summed E-state index contributed by atoms with van der Waals surface area (Å²) in [6, 6.07) is 17.9. The maximum Gasteiger partial charge on any atom is 0.338 e. The van der Waals surface area contributed by atoms with E-state index < -0.39 is 82.3 Å². The molecule has 13 atom stereocenters. The van der Waals surface area contributed by atoms with Crippen molar-refractivity contribution in [1.29, 1.82) is 0 Å². The minimum atomic E-state index is -1.94. The van der Waals surface area contributed by atoms with Crippen LogP contribution in [0.5, 0.6) is 0 Å². The lowest BCUT2D eigenvalue weighted by atomic mass is 9.42. The SMILES string of the molecule is CO[C@H]1C[C@H](O[C@H]2CC[C@@]3(C)C(=CC[C@]4(O)[C@@H]3C[C@@H](OC(=O)c3ccccc3)[C@@]3(C)[C@]4(O)CC[C@@]3(O)[C@H](C)OC(=O)/C=C/c3ccccc3)C2)O[C@H](C)[C@H]1O. The Balaban J connectivity index is 1.19. The van der Waals surface area contributed by atoms with Gasteiger partial charge in [0.25, 0.3) is 0 Å². The van der Waals surface area contributed by atoms with Gasteiger partial charge in [-0.3, -0.25) is 0 Å². The van der Waals surface area contributed by atoms with Crippen LogP contribution in [0.25, 0.3) is 6.08 Å². The van der Waals surface area contributed by atoms with E-state index in [0.717, 1.165) is 11.1 Å². The lowest BCUT2D eigenvalue weighted by Crippen LogP contribution is -2.78. The zero-order valence-electron chi connectivity index (χ0n) is 32.4. The van der Waals surface area contributed by atoms with Gasteiger partial charge in [-0.25, -0.2) is 9.59 Å². The molecule has 1 aliphatic heterocycles. The van der Waals surface area contributed by atoms with Gasteiger partial charge < -0.3 is 44.1 Å². The molecule has 1 heterocycles. The van der Waals surface area contributed by atoms with Gasteiger partial charge in [-0.15, -0.1) is 0 Å². The quantitative estimate of drug-likeness (QED) is 0.150. The number of rotatable bonds is 9. The number of fused-ring (bicyclic) bond motifs is 5. The van der Waals surface area contributed by atoms with Crippen molar-refractivity contribution in [3.8, 4) is 0 Å². The molecule has 11 heteroatoms. The number of hydrogen-bond acceptors (Lipinski definition) is 11. The summed E-state index contributed by atoms with van der Waals surface area (Å²) in [5.74, 6) is -1.84. The second kappa shape index (κ2) is 14.8. The summed E-state index contributed by atoms with van der Waals surface area (Å²) in [6.07, 6.45) is 2.90. The van der Waals surface area contributed by atoms with Gasteiger partial charge in [0, 0.05) is 25.5 Å². The Bertz CT molecular complexity index is 1780. The van der Waals surface area contributed by atoms with E-state index in [9.17, 15) is 30.0 Å². The molecule has 4 N–H and O–H groups in total. The molecule has 5 aliphatic rings. The molecule has 3 saturated carbocycles. The summed E-state index contributed by atoms with van der Waals surface area (Å²) < 4.78 is 30.2. The summed E-state index contributed by atoms with van der Waals surface area (Å²) in [7, 11) is 1.57. The summed E-state index contributed by atoms with van der Waals surface area (Å²) in [4.78, 5) is 27.0. The topological polar surface area (TPSA) is 161 Å². The minimum absolute atomic E-state index is 0.00849. The van der Waals surface area contributed by atoms with Crippen molar-refractivity contribution in [3.63, 3.8) is 0 Å². The fraction of sp³-hybridized carbons (Fsp3) is 0.591. The monoisotopic (exact) mass is 760 g/mol. The van der Waals surface area contributed by atoms with Crippen molar-refractivity contribution in [3.05, 3.63) is 89.5 Å². The molecule has 0 amide bonds. The van der Waals surface area contributed by atoms with Crippen molar-refractivity contribution < 1.29 is 53.7 Å². The number of hydrogen-bond donors (Lipinski definition) is 4. The summed E-state index contributed by atoms with van der Waals surface area (Å²) >= 11 is 0. The Morgan fingerprint density at radius 3 is 2.35 bits per heavy atom. The molecule has 55 heavy (non-hydrogen) atoms. The van der Waals surface area contributed by atoms with Gasteiger partial charge in [-0.2, -0.15) is 0 Å². The average molecular weight is 761 g/mol. The Hall–Kier alpha value is -3.42. The van der Waals surface area contributed by atoms with Gasteiger partial charge >= 0.3 is 11.9 Å². The van der Waals surface area contributed by atoms with Crippen LogP contribution in [0, 0.1) is 16.7 Å². The van der Waals surface area contributed by atoms with E-state index in [1.165, 1.54) is 6.08 Å². The Morgan fingerprint density at radius 2 is 1.65 bits per heavy atom. The number of esters is 2. The predicted octanol–water partition coefficient (Wildman–Crippen LogP) is 5.29. The molecule has 298 valence electrons. The lowest BCUT2D eigenvalue weighted by Gasteiger charge is -2.67. The van der Waals surface area contributed by atoms with Gasteiger partial charge in [0.05, 0.1) is 29.3 Å². The number of ether oxygens (including phenoxy) is 5. The third kappa shape index (κ3) is 6.49. The van der Waals surface area contributed by atoms with Crippen LogP contribution < -0.4 is 0 Å². The number of methoxy groups -OCH3 is 1. The third-order valence-electron chi connectivity index (χ3n) is 14.3. The number of aliphatic hydroxyl groups excluding tert-OH is 1. The average Bonchev–Trinajstić information content (AvgIpc) is 3.41. The highest BCUT2D eigenvalue weighted by Gasteiger charge is 2.81. The normalized spacial score (nSPS) is 41.7. The predicted molar refractivity (Wildman–Crippen MR) is 202 cm³/mol. The molecule has 0 aromatic heterocycles. The Morgan fingerprint density at radius 1 is 0.964 bits per heavy atom. The van der Waals surface area contributed by atoms with E-state index in [4.69, 9.17) is 23.7 Å². The largest absolute Gasteiger partial charge is 0.458 e. The van der Waals surface area contributed by atoms with Crippen LogP contribution in [0.1, 0.15) is 95.0 Å². The van der Waals surface area contributed by atoms with E-state index in [-0.39, 0.29) is 31.8 Å². The highest BCUT2D eigenvalue weighted by atomic mass is 16.7. The van der Waals surface area contributed by atoms with Crippen LogP contribution in [0.15, 0.2) is 78.4 Å². The summed E-state index contributed by atoms with van der Waals surface area (Å²) in [6.45, 7) is 7.16. The number of carbonyl (C=O) groups excluding carboxylic acids is 2. The zero-order chi connectivity index (χ0) is 39.4. The van der Waals surface area contributed by atoms with Crippen LogP contribution >= 0.6 is 0 Å². The molecule has 4 aliphatic carbocycles. The lowest BCUT2D eigenvalue weighted by molar-refractivity contribution is -0.325. The van der Waals surface area contributed by atoms with E-state index in [1.54, 1.807) is 64.3 Å². The number of aliphatic hydroxyl groups is 4. The molecule has 4 fully saturated rings. The number of benzene rings is 2. The van der Waals surface area contributed by atoms with Crippen molar-refractivity contribution in [2.45, 2.75) is 139 Å². The first-order valence-electron chi connectivity index (χ1n) is 19.7. The van der Waals surface area contributed by atoms with Crippen LogP contribution in [0.3, 0.4) is 0 Å². The molecule has 2 aromatic carbocycles. The maximum atomic E-state index is 13.8. The van der Waals surface area contributed by atoms with E-state index in [0.29, 0.717) is 31.2 Å². The zero-order valence-corrected chi connectivity index (χ0v) is 32.4. The van der Waals surface area contributed by atoms with Crippen molar-refractivity contribution in [1.82, 2.24) is 0 Å². The van der Waals surface area contributed by atoms with Gasteiger partial charge in [0.1, 0.15) is 35.1 Å². The van der Waals surface area contributed by atoms with Crippen LogP contribution in [-0.2, 0) is 28.5 Å². The fourth-order valence-electron chi connectivity index (χ4n) is 10.9. The third-order valence-corrected chi connectivity index (χ3v) is 14.3. The van der Waals surface area contributed by atoms with Gasteiger partial charge in [-0.05, 0) is 88.0 Å². The molecule has 1 saturated heterocycles. The first-order valence-corrected chi connectivity index (χ1v) is 19.7. The maximum absolute atomic E-state index is 13.8. The number of carbonyl (C=O) groups is 2. The smallest absolute Gasteiger partial charge is 0.338 e. The molecular formula is C44H56O11. The highest BCUT2D eigenvalue weighted by Crippen LogP contribution is 2.71. The molecule has 0 radical (unpaired) electrons. The first-order chi connectivity index (χ1) is 26.1. The van der Waals surface area contributed by atoms with Gasteiger partial charge in [0.15, 0.2) is 6.29 Å². The van der Waals surface area contributed by atoms with Crippen LogP contribution in [0.2, 0.25) is 0 Å². The first kappa shape index (κ1) is 39.8. The minimum Gasteiger partial charge on any atom is -0.458 e. The Labute approximate surface area is 323 Å². The highest BCUT2D eigenvalue weighted by molar-refractivity contribution is 5.89. The van der Waals surface area contributed by atoms with E-state index in [1.807, 2.05) is 36.4 Å². The second-order valence-electron chi connectivity index (χ2n) is 16.9. The van der Waals surface area contributed by atoms with Gasteiger partial charge in [-0.1, -0.05) is 74.0 Å². The molecule has 2 aromatic rings. The summed E-state index contributed by atoms with van der Waals surface area (Å²) in [5.41, 5.74) is -5.59. The fourth-order valence-corrected chi connectivity index (χ4v) is 10.9. The van der Waals surface area contributed by atoms with Crippen molar-refractivity contribution in [2.75, 3.05) is 7.11 Å². The van der Waals surface area contributed by atoms with Crippen molar-refractivity contribution >= 4 is 18.0 Å². The molecule has 11 nitrogen and oxygen atoms in total. The van der Waals surface area contributed by atoms with Crippen molar-refractivity contribution in [2.24, 2.45) is 16.7 Å². The molecule has 0 unspecified atom stereocenters. The molecular weight excluding hydrogens is 704 g/mol. The molecule has 0 bridgehead atoms. The Kier molecular flexibility index (Phi) is 10.7.